The van der Waals surface area contributed by atoms with Crippen LogP contribution in [-0.2, 0) is 22.7 Å². The Morgan fingerprint density at radius 3 is 2.05 bits per heavy atom. The smallest absolute Gasteiger partial charge is 0.290 e. The van der Waals surface area contributed by atoms with E-state index in [-0.39, 0.29) is 36.7 Å². The maximum atomic E-state index is 13.1. The number of nitrogens with zero attached hydrogens (tertiary/aromatic N) is 3. The largest absolute Gasteiger partial charge is 0.338 e. The minimum absolute atomic E-state index is 0.0135. The maximum absolute atomic E-state index is 13.1. The fourth-order valence-corrected chi connectivity index (χ4v) is 4.45. The highest BCUT2D eigenvalue weighted by Crippen LogP contribution is 2.20. The van der Waals surface area contributed by atoms with Crippen LogP contribution in [0.25, 0.3) is 10.8 Å². The van der Waals surface area contributed by atoms with Crippen molar-refractivity contribution in [3.63, 3.8) is 0 Å². The Hall–Kier alpha value is -4.79. The summed E-state index contributed by atoms with van der Waals surface area (Å²) in [7, 11) is 0. The average molecular weight is 496 g/mol. The van der Waals surface area contributed by atoms with Gasteiger partial charge in [0, 0.05) is 24.9 Å². The van der Waals surface area contributed by atoms with E-state index >= 15 is 0 Å². The summed E-state index contributed by atoms with van der Waals surface area (Å²) in [5.74, 6) is -1.82. The van der Waals surface area contributed by atoms with Crippen LogP contribution in [0.4, 0.5) is 0 Å². The van der Waals surface area contributed by atoms with E-state index in [1.807, 2.05) is 60.7 Å². The van der Waals surface area contributed by atoms with Crippen LogP contribution in [0.5, 0.6) is 0 Å². The first-order valence-corrected chi connectivity index (χ1v) is 12.0. The minimum atomic E-state index is -0.656. The molecule has 1 aliphatic heterocycles. The van der Waals surface area contributed by atoms with E-state index in [2.05, 4.69) is 16.0 Å². The van der Waals surface area contributed by atoms with Crippen LogP contribution in [0, 0.1) is 5.92 Å². The van der Waals surface area contributed by atoms with Gasteiger partial charge in [0.15, 0.2) is 5.69 Å². The molecule has 2 N–H and O–H groups in total. The number of likely N-dealkylation sites (tertiary alicyclic amines) is 1. The van der Waals surface area contributed by atoms with Gasteiger partial charge in [-0.1, -0.05) is 78.9 Å². The number of carbonyl (C=O) groups is 3. The number of hydrazine groups is 1. The van der Waals surface area contributed by atoms with Gasteiger partial charge in [0.2, 0.25) is 11.8 Å². The standard InChI is InChI=1S/C28H25N5O4/c34-24-15-21(18-32(24)16-19-9-3-1-4-10-19)26(35)29-30-27(36)25-22-13-7-8-14-23(22)28(37)33(31-25)17-20-11-5-2-6-12-20/h1-14,21H,15-18H2,(H,29,35)(H,30,36)/t21-/m0/s1. The van der Waals surface area contributed by atoms with Gasteiger partial charge in [-0.25, -0.2) is 4.68 Å². The van der Waals surface area contributed by atoms with Crippen LogP contribution in [0.1, 0.15) is 28.0 Å². The van der Waals surface area contributed by atoms with Crippen molar-refractivity contribution in [3.05, 3.63) is 112 Å². The molecule has 4 aromatic rings. The quantitative estimate of drug-likeness (QED) is 0.399. The van der Waals surface area contributed by atoms with Gasteiger partial charge in [-0.05, 0) is 17.2 Å². The highest BCUT2D eigenvalue weighted by molar-refractivity contribution is 6.05. The topological polar surface area (TPSA) is 113 Å². The Kier molecular flexibility index (Phi) is 6.76. The molecule has 9 heteroatoms. The number of benzene rings is 3. The molecule has 186 valence electrons. The predicted octanol–water partition coefficient (Wildman–Crippen LogP) is 2.25. The Labute approximate surface area is 212 Å². The van der Waals surface area contributed by atoms with E-state index in [0.29, 0.717) is 17.3 Å². The Morgan fingerprint density at radius 2 is 1.38 bits per heavy atom. The molecule has 5 rings (SSSR count). The highest BCUT2D eigenvalue weighted by Gasteiger charge is 2.34. The summed E-state index contributed by atoms with van der Waals surface area (Å²) in [6, 6.07) is 25.6. The lowest BCUT2D eigenvalue weighted by atomic mass is 10.1. The van der Waals surface area contributed by atoms with Crippen LogP contribution in [0.2, 0.25) is 0 Å². The van der Waals surface area contributed by atoms with Gasteiger partial charge in [-0.2, -0.15) is 5.10 Å². The number of fused-ring (bicyclic) bond motifs is 1. The first kappa shape index (κ1) is 23.9. The lowest BCUT2D eigenvalue weighted by molar-refractivity contribution is -0.129. The molecule has 37 heavy (non-hydrogen) atoms. The predicted molar refractivity (Wildman–Crippen MR) is 137 cm³/mol. The number of nitrogens with one attached hydrogen (secondary N) is 2. The first-order valence-electron chi connectivity index (χ1n) is 12.0. The Bertz CT molecular complexity index is 1520. The van der Waals surface area contributed by atoms with Gasteiger partial charge in [0.25, 0.3) is 11.5 Å². The fraction of sp³-hybridized carbons (Fsp3) is 0.179. The van der Waals surface area contributed by atoms with Gasteiger partial charge in [-0.15, -0.1) is 0 Å². The van der Waals surface area contributed by atoms with Crippen molar-refractivity contribution in [3.8, 4) is 0 Å². The molecule has 1 saturated heterocycles. The molecule has 1 aromatic heterocycles. The van der Waals surface area contributed by atoms with Gasteiger partial charge in [0.1, 0.15) is 0 Å². The van der Waals surface area contributed by atoms with E-state index in [1.54, 1.807) is 29.2 Å². The van der Waals surface area contributed by atoms with E-state index < -0.39 is 17.7 Å². The summed E-state index contributed by atoms with van der Waals surface area (Å²) in [6.07, 6.45) is 0.0671. The fourth-order valence-electron chi connectivity index (χ4n) is 4.45. The molecule has 2 heterocycles. The zero-order valence-corrected chi connectivity index (χ0v) is 20.0. The molecule has 3 amide bonds. The number of hydrogen-bond donors (Lipinski definition) is 2. The third kappa shape index (κ3) is 5.25. The zero-order chi connectivity index (χ0) is 25.8. The minimum Gasteiger partial charge on any atom is -0.338 e. The van der Waals surface area contributed by atoms with Crippen molar-refractivity contribution in [2.24, 2.45) is 5.92 Å². The third-order valence-electron chi connectivity index (χ3n) is 6.36. The van der Waals surface area contributed by atoms with Crippen LogP contribution in [-0.4, -0.2) is 38.9 Å². The van der Waals surface area contributed by atoms with E-state index in [9.17, 15) is 19.2 Å². The molecule has 0 spiro atoms. The van der Waals surface area contributed by atoms with E-state index in [1.165, 1.54) is 4.68 Å². The van der Waals surface area contributed by atoms with Crippen molar-refractivity contribution in [2.75, 3.05) is 6.54 Å². The summed E-state index contributed by atoms with van der Waals surface area (Å²) in [4.78, 5) is 52.9. The lowest BCUT2D eigenvalue weighted by Crippen LogP contribution is -2.45. The Morgan fingerprint density at radius 1 is 0.784 bits per heavy atom. The Balaban J connectivity index is 1.29. The molecule has 0 bridgehead atoms. The summed E-state index contributed by atoms with van der Waals surface area (Å²) in [5, 5.41) is 5.05. The second-order valence-electron chi connectivity index (χ2n) is 8.95. The normalized spacial score (nSPS) is 15.1. The van der Waals surface area contributed by atoms with Gasteiger partial charge >= 0.3 is 0 Å². The molecule has 3 aromatic carbocycles. The second kappa shape index (κ2) is 10.4. The van der Waals surface area contributed by atoms with Gasteiger partial charge in [-0.3, -0.25) is 30.0 Å². The maximum Gasteiger partial charge on any atom is 0.290 e. The molecule has 0 aliphatic carbocycles. The summed E-state index contributed by atoms with van der Waals surface area (Å²) >= 11 is 0. The molecule has 1 aliphatic rings. The van der Waals surface area contributed by atoms with Crippen molar-refractivity contribution >= 4 is 28.5 Å². The number of rotatable bonds is 6. The van der Waals surface area contributed by atoms with Crippen molar-refractivity contribution in [2.45, 2.75) is 19.5 Å². The van der Waals surface area contributed by atoms with E-state index in [4.69, 9.17) is 0 Å². The van der Waals surface area contributed by atoms with Crippen LogP contribution < -0.4 is 16.4 Å². The van der Waals surface area contributed by atoms with Gasteiger partial charge < -0.3 is 4.90 Å². The molecule has 0 radical (unpaired) electrons. The summed E-state index contributed by atoms with van der Waals surface area (Å²) < 4.78 is 1.24. The van der Waals surface area contributed by atoms with Crippen molar-refractivity contribution in [1.82, 2.24) is 25.5 Å². The summed E-state index contributed by atoms with van der Waals surface area (Å²) in [6.45, 7) is 0.881. The van der Waals surface area contributed by atoms with E-state index in [0.717, 1.165) is 11.1 Å². The SMILES string of the molecule is O=C(NNC(=O)[C@H]1CC(=O)N(Cc2ccccc2)C1)c1nn(Cc2ccccc2)c(=O)c2ccccc12. The number of amides is 3. The molecule has 0 unspecified atom stereocenters. The molecular formula is C28H25N5O4. The summed E-state index contributed by atoms with van der Waals surface area (Å²) in [5.41, 5.74) is 6.38. The number of aromatic nitrogens is 2. The zero-order valence-electron chi connectivity index (χ0n) is 20.0. The molecule has 1 fully saturated rings. The third-order valence-corrected chi connectivity index (χ3v) is 6.36. The van der Waals surface area contributed by atoms with Crippen LogP contribution >= 0.6 is 0 Å². The number of hydrogen-bond acceptors (Lipinski definition) is 5. The second-order valence-corrected chi connectivity index (χ2v) is 8.95. The molecule has 0 saturated carbocycles. The molecular weight excluding hydrogens is 470 g/mol. The van der Waals surface area contributed by atoms with Gasteiger partial charge in [0.05, 0.1) is 17.8 Å². The van der Waals surface area contributed by atoms with Crippen molar-refractivity contribution in [1.29, 1.82) is 0 Å². The monoisotopic (exact) mass is 495 g/mol. The molecule has 1 atom stereocenters. The first-order chi connectivity index (χ1) is 18.0. The average Bonchev–Trinajstić information content (AvgIpc) is 3.29. The van der Waals surface area contributed by atoms with Crippen LogP contribution in [0.15, 0.2) is 89.7 Å². The number of carbonyl (C=O) groups excluding carboxylic acids is 3. The lowest BCUT2D eigenvalue weighted by Gasteiger charge is -2.17. The van der Waals surface area contributed by atoms with Crippen molar-refractivity contribution < 1.29 is 14.4 Å². The van der Waals surface area contributed by atoms with Crippen LogP contribution in [0.3, 0.4) is 0 Å². The molecule has 9 nitrogen and oxygen atoms in total. The highest BCUT2D eigenvalue weighted by atomic mass is 16.2.